The smallest absolute Gasteiger partial charge is 0.367 e. The molecule has 0 aliphatic heterocycles. The van der Waals surface area contributed by atoms with Crippen molar-refractivity contribution in [2.45, 2.75) is 43.9 Å². The highest BCUT2D eigenvalue weighted by atomic mass is 19.4. The Morgan fingerprint density at radius 2 is 1.90 bits per heavy atom. The van der Waals surface area contributed by atoms with Crippen LogP contribution in [-0.4, -0.2) is 35.6 Å². The summed E-state index contributed by atoms with van der Waals surface area (Å²) >= 11 is 0. The molecule has 29 heavy (non-hydrogen) atoms. The molecule has 152 valence electrons. The lowest BCUT2D eigenvalue weighted by atomic mass is 9.91. The molecule has 3 aromatic heterocycles. The van der Waals surface area contributed by atoms with Gasteiger partial charge in [0.25, 0.3) is 5.56 Å². The molecule has 0 aromatic carbocycles. The average molecular weight is 405 g/mol. The minimum atomic E-state index is -4.47. The minimum Gasteiger partial charge on any atom is -0.367 e. The van der Waals surface area contributed by atoms with Crippen LogP contribution in [0.25, 0.3) is 5.82 Å². The minimum absolute atomic E-state index is 0.130. The van der Waals surface area contributed by atoms with Crippen LogP contribution in [0.1, 0.15) is 37.3 Å². The van der Waals surface area contributed by atoms with Crippen molar-refractivity contribution in [2.24, 2.45) is 0 Å². The molecule has 1 saturated carbocycles. The molecular formula is C18H18F3N7O. The molecule has 1 aliphatic carbocycles. The number of nitrogens with zero attached hydrogens (tertiary/aromatic N) is 6. The first kappa shape index (κ1) is 19.1. The highest BCUT2D eigenvalue weighted by Gasteiger charge is 2.35. The lowest BCUT2D eigenvalue weighted by Crippen LogP contribution is -2.34. The normalized spacial score (nSPS) is 19.8. The summed E-state index contributed by atoms with van der Waals surface area (Å²) in [6.45, 7) is 0. The van der Waals surface area contributed by atoms with E-state index in [1.54, 1.807) is 6.07 Å². The second kappa shape index (κ2) is 7.64. The van der Waals surface area contributed by atoms with Crippen molar-refractivity contribution < 1.29 is 13.2 Å². The Morgan fingerprint density at radius 3 is 2.59 bits per heavy atom. The molecular weight excluding hydrogens is 387 g/mol. The van der Waals surface area contributed by atoms with Crippen LogP contribution in [-0.2, 0) is 6.18 Å². The summed E-state index contributed by atoms with van der Waals surface area (Å²) in [5.41, 5.74) is -1.00. The number of anilines is 1. The topological polar surface area (TPSA) is 90.5 Å². The van der Waals surface area contributed by atoms with E-state index in [1.165, 1.54) is 40.3 Å². The van der Waals surface area contributed by atoms with Crippen molar-refractivity contribution in [1.29, 1.82) is 0 Å². The number of hydrogen-bond acceptors (Lipinski definition) is 6. The molecule has 1 fully saturated rings. The van der Waals surface area contributed by atoms with E-state index in [0.717, 1.165) is 6.07 Å². The van der Waals surface area contributed by atoms with Crippen LogP contribution in [0.3, 0.4) is 0 Å². The zero-order chi connectivity index (χ0) is 20.4. The largest absolute Gasteiger partial charge is 0.419 e. The number of nitrogens with one attached hydrogen (secondary N) is 1. The van der Waals surface area contributed by atoms with Crippen LogP contribution < -0.4 is 10.9 Å². The van der Waals surface area contributed by atoms with Gasteiger partial charge < -0.3 is 5.32 Å². The van der Waals surface area contributed by atoms with E-state index < -0.39 is 11.7 Å². The number of hydrogen-bond donors (Lipinski definition) is 1. The van der Waals surface area contributed by atoms with E-state index in [9.17, 15) is 18.0 Å². The molecule has 0 spiro atoms. The van der Waals surface area contributed by atoms with Crippen molar-refractivity contribution in [3.8, 4) is 5.82 Å². The number of halogens is 3. The number of rotatable bonds is 4. The first-order chi connectivity index (χ1) is 13.9. The Hall–Kier alpha value is -3.24. The van der Waals surface area contributed by atoms with Crippen molar-refractivity contribution in [3.63, 3.8) is 0 Å². The van der Waals surface area contributed by atoms with Gasteiger partial charge in [-0.15, -0.1) is 5.10 Å². The third kappa shape index (κ3) is 4.13. The highest BCUT2D eigenvalue weighted by Crippen LogP contribution is 2.35. The van der Waals surface area contributed by atoms with Gasteiger partial charge in [0.2, 0.25) is 0 Å². The molecule has 0 unspecified atom stereocenters. The van der Waals surface area contributed by atoms with Gasteiger partial charge in [-0.05, 0) is 43.9 Å². The Morgan fingerprint density at radius 1 is 1.10 bits per heavy atom. The molecule has 4 rings (SSSR count). The first-order valence-electron chi connectivity index (χ1n) is 9.15. The Balaban J connectivity index is 1.46. The van der Waals surface area contributed by atoms with Gasteiger partial charge >= 0.3 is 6.18 Å². The standard InChI is InChI=1S/C18H18F3N7O/c19-18(20,21)14-2-1-9-23-17(14)25-12-3-5-13(6-4-12)28-16(29)8-7-15(26-28)27-11-22-10-24-27/h1-2,7-13H,3-6H2,(H,23,25). The predicted octanol–water partition coefficient (Wildman–Crippen LogP) is 2.83. The molecule has 1 N–H and O–H groups in total. The second-order valence-corrected chi connectivity index (χ2v) is 6.86. The van der Waals surface area contributed by atoms with E-state index in [2.05, 4.69) is 25.5 Å². The number of aromatic nitrogens is 6. The van der Waals surface area contributed by atoms with Crippen molar-refractivity contribution in [3.05, 3.63) is 59.0 Å². The molecule has 8 nitrogen and oxygen atoms in total. The summed E-state index contributed by atoms with van der Waals surface area (Å²) in [7, 11) is 0. The quantitative estimate of drug-likeness (QED) is 0.718. The zero-order valence-corrected chi connectivity index (χ0v) is 15.3. The summed E-state index contributed by atoms with van der Waals surface area (Å²) in [5.74, 6) is 0.317. The Bertz CT molecular complexity index is 1020. The van der Waals surface area contributed by atoms with Gasteiger partial charge in [-0.25, -0.2) is 19.3 Å². The molecule has 0 saturated heterocycles. The van der Waals surface area contributed by atoms with Gasteiger partial charge in [0, 0.05) is 18.3 Å². The summed E-state index contributed by atoms with van der Waals surface area (Å²) in [4.78, 5) is 20.0. The van der Waals surface area contributed by atoms with E-state index >= 15 is 0 Å². The molecule has 11 heteroatoms. The van der Waals surface area contributed by atoms with Crippen molar-refractivity contribution in [2.75, 3.05) is 5.32 Å². The van der Waals surface area contributed by atoms with Crippen LogP contribution in [0.4, 0.5) is 19.0 Å². The number of pyridine rings is 1. The molecule has 0 amide bonds. The fraction of sp³-hybridized carbons (Fsp3) is 0.389. The van der Waals surface area contributed by atoms with Gasteiger partial charge in [-0.3, -0.25) is 4.79 Å². The molecule has 0 bridgehead atoms. The second-order valence-electron chi connectivity index (χ2n) is 6.86. The van der Waals surface area contributed by atoms with Gasteiger partial charge in [-0.1, -0.05) is 0 Å². The monoisotopic (exact) mass is 405 g/mol. The lowest BCUT2D eigenvalue weighted by molar-refractivity contribution is -0.137. The van der Waals surface area contributed by atoms with Gasteiger partial charge in [0.1, 0.15) is 18.5 Å². The predicted molar refractivity (Wildman–Crippen MR) is 97.6 cm³/mol. The van der Waals surface area contributed by atoms with Crippen LogP contribution in [0, 0.1) is 0 Å². The van der Waals surface area contributed by atoms with Crippen molar-refractivity contribution >= 4 is 5.82 Å². The third-order valence-electron chi connectivity index (χ3n) is 4.96. The summed E-state index contributed by atoms with van der Waals surface area (Å²) in [5, 5.41) is 11.3. The van der Waals surface area contributed by atoms with Crippen LogP contribution >= 0.6 is 0 Å². The maximum Gasteiger partial charge on any atom is 0.419 e. The highest BCUT2D eigenvalue weighted by molar-refractivity contribution is 5.46. The molecule has 0 atom stereocenters. The molecule has 3 aromatic rings. The molecule has 1 aliphatic rings. The summed E-state index contributed by atoms with van der Waals surface area (Å²) in [6.07, 6.45) is 2.15. The van der Waals surface area contributed by atoms with Crippen molar-refractivity contribution in [1.82, 2.24) is 29.5 Å². The van der Waals surface area contributed by atoms with Gasteiger partial charge in [0.15, 0.2) is 5.82 Å². The van der Waals surface area contributed by atoms with Crippen LogP contribution in [0.5, 0.6) is 0 Å². The maximum atomic E-state index is 13.1. The van der Waals surface area contributed by atoms with E-state index in [0.29, 0.717) is 31.5 Å². The SMILES string of the molecule is O=c1ccc(-n2cncn2)nn1C1CCC(Nc2ncccc2C(F)(F)F)CC1. The maximum absolute atomic E-state index is 13.1. The Kier molecular flexibility index (Phi) is 5.03. The fourth-order valence-electron chi connectivity index (χ4n) is 3.53. The van der Waals surface area contributed by atoms with Gasteiger partial charge in [0.05, 0.1) is 11.6 Å². The molecule has 3 heterocycles. The number of alkyl halides is 3. The van der Waals surface area contributed by atoms with Gasteiger partial charge in [-0.2, -0.15) is 18.3 Å². The van der Waals surface area contributed by atoms with E-state index in [4.69, 9.17) is 0 Å². The van der Waals surface area contributed by atoms with Crippen LogP contribution in [0.2, 0.25) is 0 Å². The summed E-state index contributed by atoms with van der Waals surface area (Å²) in [6, 6.07) is 5.00. The lowest BCUT2D eigenvalue weighted by Gasteiger charge is -2.30. The third-order valence-corrected chi connectivity index (χ3v) is 4.96. The summed E-state index contributed by atoms with van der Waals surface area (Å²) < 4.78 is 42.3. The fourth-order valence-corrected chi connectivity index (χ4v) is 3.53. The van der Waals surface area contributed by atoms with E-state index in [-0.39, 0.29) is 23.5 Å². The van der Waals surface area contributed by atoms with E-state index in [1.807, 2.05) is 0 Å². The first-order valence-corrected chi connectivity index (χ1v) is 9.15. The Labute approximate surface area is 163 Å². The average Bonchev–Trinajstić information content (AvgIpc) is 3.24. The molecule has 0 radical (unpaired) electrons. The zero-order valence-electron chi connectivity index (χ0n) is 15.3. The van der Waals surface area contributed by atoms with Crippen LogP contribution in [0.15, 0.2) is 47.9 Å².